The number of hydrogen-bond acceptors (Lipinski definition) is 2. The summed E-state index contributed by atoms with van der Waals surface area (Å²) in [5.74, 6) is 0.753. The molecular formula is C19H29N3S. The van der Waals surface area contributed by atoms with Crippen LogP contribution in [0, 0.1) is 0 Å². The van der Waals surface area contributed by atoms with E-state index >= 15 is 0 Å². The molecule has 23 heavy (non-hydrogen) atoms. The van der Waals surface area contributed by atoms with Gasteiger partial charge in [-0.05, 0) is 55.4 Å². The minimum atomic E-state index is 0.594. The Balaban J connectivity index is 1.87. The van der Waals surface area contributed by atoms with Crippen LogP contribution in [-0.2, 0) is 0 Å². The third kappa shape index (κ3) is 5.94. The monoisotopic (exact) mass is 331 g/mol. The highest BCUT2D eigenvalue weighted by atomic mass is 32.1. The van der Waals surface area contributed by atoms with Crippen LogP contribution in [0.25, 0.3) is 0 Å². The average Bonchev–Trinajstić information content (AvgIpc) is 2.61. The predicted octanol–water partition coefficient (Wildman–Crippen LogP) is 4.72. The molecule has 0 aromatic heterocycles. The molecule has 0 aliphatic heterocycles. The summed E-state index contributed by atoms with van der Waals surface area (Å²) in [4.78, 5) is 0. The zero-order chi connectivity index (χ0) is 16.5. The molecular weight excluding hydrogens is 302 g/mol. The number of nitrogens with zero attached hydrogens (tertiary/aromatic N) is 1. The first-order valence-corrected chi connectivity index (χ1v) is 9.30. The Bertz CT molecular complexity index is 516. The molecule has 3 nitrogen and oxygen atoms in total. The largest absolute Gasteiger partial charge is 0.361 e. The zero-order valence-electron chi connectivity index (χ0n) is 14.4. The lowest BCUT2D eigenvalue weighted by Crippen LogP contribution is -2.33. The highest BCUT2D eigenvalue weighted by Crippen LogP contribution is 2.32. The molecule has 1 fully saturated rings. The van der Waals surface area contributed by atoms with E-state index in [0.717, 1.165) is 36.6 Å². The number of benzene rings is 1. The second kappa shape index (κ2) is 9.66. The summed E-state index contributed by atoms with van der Waals surface area (Å²) in [5.41, 5.74) is 6.51. The Hall–Kier alpha value is -1.42. The number of hydrazone groups is 1. The third-order valence-corrected chi connectivity index (χ3v) is 4.78. The normalized spacial score (nSPS) is 16.2. The number of unbranched alkanes of at least 4 members (excludes halogenated alkanes) is 1. The van der Waals surface area contributed by atoms with Crippen LogP contribution >= 0.6 is 12.2 Å². The quantitative estimate of drug-likeness (QED) is 0.343. The van der Waals surface area contributed by atoms with Gasteiger partial charge < -0.3 is 5.32 Å². The lowest BCUT2D eigenvalue weighted by atomic mass is 9.84. The molecule has 0 unspecified atom stereocenters. The zero-order valence-corrected chi connectivity index (χ0v) is 15.2. The van der Waals surface area contributed by atoms with Gasteiger partial charge in [-0.2, -0.15) is 5.10 Å². The fraction of sp³-hybridized carbons (Fsp3) is 0.579. The molecule has 0 spiro atoms. The summed E-state index contributed by atoms with van der Waals surface area (Å²) < 4.78 is 0. The molecule has 0 bridgehead atoms. The molecule has 0 saturated heterocycles. The smallest absolute Gasteiger partial charge is 0.186 e. The topological polar surface area (TPSA) is 36.4 Å². The van der Waals surface area contributed by atoms with Crippen molar-refractivity contribution in [2.24, 2.45) is 5.10 Å². The van der Waals surface area contributed by atoms with Crippen LogP contribution < -0.4 is 10.7 Å². The number of rotatable bonds is 6. The molecule has 1 aromatic carbocycles. The lowest BCUT2D eigenvalue weighted by molar-refractivity contribution is 0.443. The van der Waals surface area contributed by atoms with Gasteiger partial charge in [-0.25, -0.2) is 0 Å². The molecule has 4 heteroatoms. The van der Waals surface area contributed by atoms with Gasteiger partial charge in [0, 0.05) is 6.54 Å². The third-order valence-electron chi connectivity index (χ3n) is 4.55. The highest BCUT2D eigenvalue weighted by Gasteiger charge is 2.15. The van der Waals surface area contributed by atoms with E-state index in [1.807, 2.05) is 6.92 Å². The van der Waals surface area contributed by atoms with Crippen LogP contribution in [0.5, 0.6) is 0 Å². The van der Waals surface area contributed by atoms with Gasteiger partial charge in [0.2, 0.25) is 0 Å². The molecule has 1 aromatic rings. The van der Waals surface area contributed by atoms with E-state index in [9.17, 15) is 0 Å². The first-order chi connectivity index (χ1) is 11.2. The second-order valence-electron chi connectivity index (χ2n) is 6.38. The molecule has 126 valence electrons. The summed E-state index contributed by atoms with van der Waals surface area (Å²) in [6.07, 6.45) is 9.10. The molecule has 0 radical (unpaired) electrons. The maximum Gasteiger partial charge on any atom is 0.186 e. The van der Waals surface area contributed by atoms with E-state index < -0.39 is 0 Å². The van der Waals surface area contributed by atoms with E-state index in [1.54, 1.807) is 0 Å². The molecule has 0 heterocycles. The molecule has 0 amide bonds. The number of thiocarbonyl (C=S) groups is 1. The molecule has 2 N–H and O–H groups in total. The van der Waals surface area contributed by atoms with Gasteiger partial charge in [0.25, 0.3) is 0 Å². The SMILES string of the molecule is CCCCNC(=S)NN=C(C)c1ccc(C2CCCCC2)cc1. The van der Waals surface area contributed by atoms with E-state index in [-0.39, 0.29) is 0 Å². The predicted molar refractivity (Wildman–Crippen MR) is 103 cm³/mol. The Labute approximate surface area is 145 Å². The van der Waals surface area contributed by atoms with Crippen molar-refractivity contribution in [3.05, 3.63) is 35.4 Å². The van der Waals surface area contributed by atoms with Crippen molar-refractivity contribution >= 4 is 23.0 Å². The average molecular weight is 332 g/mol. The van der Waals surface area contributed by atoms with E-state index in [0.29, 0.717) is 5.11 Å². The maximum absolute atomic E-state index is 5.21. The molecule has 0 atom stereocenters. The van der Waals surface area contributed by atoms with Gasteiger partial charge in [0.1, 0.15) is 0 Å². The van der Waals surface area contributed by atoms with Crippen LogP contribution in [0.15, 0.2) is 29.4 Å². The minimum absolute atomic E-state index is 0.594. The van der Waals surface area contributed by atoms with Crippen LogP contribution in [0.1, 0.15) is 75.8 Å². The highest BCUT2D eigenvalue weighted by molar-refractivity contribution is 7.80. The number of hydrogen-bond donors (Lipinski definition) is 2. The summed E-state index contributed by atoms with van der Waals surface area (Å²) in [6.45, 7) is 5.07. The molecule has 2 rings (SSSR count). The van der Waals surface area contributed by atoms with Gasteiger partial charge in [-0.1, -0.05) is 56.9 Å². The summed E-state index contributed by atoms with van der Waals surface area (Å²) in [5, 5.41) is 8.13. The van der Waals surface area contributed by atoms with E-state index in [1.165, 1.54) is 37.7 Å². The van der Waals surface area contributed by atoms with Crippen LogP contribution in [0.3, 0.4) is 0 Å². The van der Waals surface area contributed by atoms with Crippen molar-refractivity contribution in [3.63, 3.8) is 0 Å². The first-order valence-electron chi connectivity index (χ1n) is 8.89. The van der Waals surface area contributed by atoms with Crippen molar-refractivity contribution in [1.29, 1.82) is 0 Å². The minimum Gasteiger partial charge on any atom is -0.361 e. The van der Waals surface area contributed by atoms with Gasteiger partial charge in [0.15, 0.2) is 5.11 Å². The standard InChI is InChI=1S/C19H29N3S/c1-3-4-14-20-19(23)22-21-15(2)16-10-12-18(13-11-16)17-8-6-5-7-9-17/h10-13,17H,3-9,14H2,1-2H3,(H2,20,22,23). The van der Waals surface area contributed by atoms with Gasteiger partial charge >= 0.3 is 0 Å². The Morgan fingerprint density at radius 2 is 1.87 bits per heavy atom. The number of nitrogens with one attached hydrogen (secondary N) is 2. The summed E-state index contributed by atoms with van der Waals surface area (Å²) >= 11 is 5.21. The molecule has 1 saturated carbocycles. The maximum atomic E-state index is 5.21. The van der Waals surface area contributed by atoms with E-state index in [4.69, 9.17) is 12.2 Å². The Kier molecular flexibility index (Phi) is 7.53. The summed E-state index contributed by atoms with van der Waals surface area (Å²) in [6, 6.07) is 8.89. The van der Waals surface area contributed by atoms with Crippen LogP contribution in [0.4, 0.5) is 0 Å². The van der Waals surface area contributed by atoms with Crippen molar-refractivity contribution in [2.75, 3.05) is 6.54 Å². The fourth-order valence-corrected chi connectivity index (χ4v) is 3.20. The Morgan fingerprint density at radius 3 is 2.52 bits per heavy atom. The first kappa shape index (κ1) is 17.9. The van der Waals surface area contributed by atoms with Gasteiger partial charge in [-0.3, -0.25) is 5.43 Å². The lowest BCUT2D eigenvalue weighted by Gasteiger charge is -2.22. The van der Waals surface area contributed by atoms with E-state index in [2.05, 4.69) is 47.0 Å². The van der Waals surface area contributed by atoms with Crippen molar-refractivity contribution in [2.45, 2.75) is 64.7 Å². The molecule has 1 aliphatic carbocycles. The second-order valence-corrected chi connectivity index (χ2v) is 6.78. The van der Waals surface area contributed by atoms with Gasteiger partial charge in [-0.15, -0.1) is 0 Å². The van der Waals surface area contributed by atoms with Crippen LogP contribution in [0.2, 0.25) is 0 Å². The molecule has 1 aliphatic rings. The fourth-order valence-electron chi connectivity index (χ4n) is 3.05. The van der Waals surface area contributed by atoms with Gasteiger partial charge in [0.05, 0.1) is 5.71 Å². The van der Waals surface area contributed by atoms with Crippen LogP contribution in [-0.4, -0.2) is 17.4 Å². The Morgan fingerprint density at radius 1 is 1.17 bits per heavy atom. The summed E-state index contributed by atoms with van der Waals surface area (Å²) in [7, 11) is 0. The van der Waals surface area contributed by atoms with Crippen molar-refractivity contribution < 1.29 is 0 Å². The van der Waals surface area contributed by atoms with Crippen molar-refractivity contribution in [1.82, 2.24) is 10.7 Å². The van der Waals surface area contributed by atoms with Crippen molar-refractivity contribution in [3.8, 4) is 0 Å².